The number of aromatic nitrogens is 2. The first kappa shape index (κ1) is 15.6. The third kappa shape index (κ3) is 3.22. The van der Waals surface area contributed by atoms with Crippen molar-refractivity contribution in [2.24, 2.45) is 7.05 Å². The molecule has 4 N–H and O–H groups in total. The van der Waals surface area contributed by atoms with Crippen LogP contribution in [0, 0.1) is 6.92 Å². The van der Waals surface area contributed by atoms with Gasteiger partial charge in [-0.25, -0.2) is 4.68 Å². The third-order valence-corrected chi connectivity index (χ3v) is 3.68. The first-order valence-electron chi connectivity index (χ1n) is 7.57. The monoisotopic (exact) mass is 321 g/mol. The summed E-state index contributed by atoms with van der Waals surface area (Å²) < 4.78 is 1.52. The summed E-state index contributed by atoms with van der Waals surface area (Å²) >= 11 is 0. The molecule has 0 aliphatic heterocycles. The van der Waals surface area contributed by atoms with Gasteiger partial charge in [0.25, 0.3) is 5.91 Å². The second kappa shape index (κ2) is 6.45. The van der Waals surface area contributed by atoms with E-state index in [9.17, 15) is 4.79 Å². The van der Waals surface area contributed by atoms with Crippen molar-refractivity contribution in [2.75, 3.05) is 16.4 Å². The molecule has 0 unspecified atom stereocenters. The highest BCUT2D eigenvalue weighted by molar-refractivity contribution is 6.07. The molecule has 1 amide bonds. The van der Waals surface area contributed by atoms with Gasteiger partial charge in [-0.3, -0.25) is 4.79 Å². The molecule has 0 bridgehead atoms. The minimum atomic E-state index is -0.234. The van der Waals surface area contributed by atoms with E-state index in [1.807, 2.05) is 49.4 Å². The molecule has 0 aliphatic carbocycles. The highest BCUT2D eigenvalue weighted by Crippen LogP contribution is 2.30. The molecule has 6 nitrogen and oxygen atoms in total. The Morgan fingerprint density at radius 3 is 2.42 bits per heavy atom. The zero-order valence-corrected chi connectivity index (χ0v) is 13.6. The Morgan fingerprint density at radius 2 is 1.75 bits per heavy atom. The second-order valence-corrected chi connectivity index (χ2v) is 5.54. The Labute approximate surface area is 140 Å². The van der Waals surface area contributed by atoms with Gasteiger partial charge in [0.2, 0.25) is 0 Å². The number of carbonyl (C=O) groups is 1. The van der Waals surface area contributed by atoms with Crippen molar-refractivity contribution in [3.8, 4) is 0 Å². The summed E-state index contributed by atoms with van der Waals surface area (Å²) in [5.41, 5.74) is 9.11. The Kier molecular flexibility index (Phi) is 4.20. The Bertz CT molecular complexity index is 853. The number of carbonyl (C=O) groups excluding carboxylic acids is 1. The first-order chi connectivity index (χ1) is 11.5. The maximum atomic E-state index is 12.4. The summed E-state index contributed by atoms with van der Waals surface area (Å²) in [6.07, 6.45) is 0. The number of nitrogens with one attached hydrogen (secondary N) is 2. The van der Waals surface area contributed by atoms with Gasteiger partial charge in [-0.1, -0.05) is 35.9 Å². The van der Waals surface area contributed by atoms with Crippen molar-refractivity contribution in [1.29, 1.82) is 0 Å². The van der Waals surface area contributed by atoms with Crippen LogP contribution in [0.5, 0.6) is 0 Å². The van der Waals surface area contributed by atoms with E-state index in [0.717, 1.165) is 5.69 Å². The molecule has 122 valence electrons. The van der Waals surface area contributed by atoms with Crippen LogP contribution in [0.25, 0.3) is 0 Å². The molecule has 0 atom stereocenters. The summed E-state index contributed by atoms with van der Waals surface area (Å²) in [5.74, 6) is 0.652. The van der Waals surface area contributed by atoms with Gasteiger partial charge in [0.1, 0.15) is 11.5 Å². The van der Waals surface area contributed by atoms with E-state index in [1.165, 1.54) is 10.2 Å². The van der Waals surface area contributed by atoms with Crippen molar-refractivity contribution in [3.05, 3.63) is 65.7 Å². The van der Waals surface area contributed by atoms with Gasteiger partial charge in [-0.15, -0.1) is 0 Å². The smallest absolute Gasteiger partial charge is 0.255 e. The molecular formula is C18H19N5O. The van der Waals surface area contributed by atoms with Crippen LogP contribution in [0.1, 0.15) is 15.9 Å². The van der Waals surface area contributed by atoms with Crippen molar-refractivity contribution in [3.63, 3.8) is 0 Å². The molecule has 1 aromatic heterocycles. The van der Waals surface area contributed by atoms with E-state index in [2.05, 4.69) is 15.7 Å². The van der Waals surface area contributed by atoms with E-state index in [1.54, 1.807) is 19.2 Å². The van der Waals surface area contributed by atoms with Gasteiger partial charge in [-0.2, -0.15) is 5.10 Å². The number of rotatable bonds is 4. The number of hydrogen-bond acceptors (Lipinski definition) is 4. The van der Waals surface area contributed by atoms with Crippen LogP contribution in [0.3, 0.4) is 0 Å². The summed E-state index contributed by atoms with van der Waals surface area (Å²) in [5, 5.41) is 10.4. The van der Waals surface area contributed by atoms with Gasteiger partial charge in [-0.05, 0) is 31.2 Å². The fourth-order valence-corrected chi connectivity index (χ4v) is 2.30. The number of anilines is 4. The SMILES string of the molecule is Cc1ccc(Nc2nn(C)c(N)c2NC(=O)c2ccccc2)cc1. The van der Waals surface area contributed by atoms with Crippen molar-refractivity contribution in [2.45, 2.75) is 6.92 Å². The van der Waals surface area contributed by atoms with Crippen LogP contribution in [0.2, 0.25) is 0 Å². The molecular weight excluding hydrogens is 302 g/mol. The molecule has 0 aliphatic rings. The molecule has 0 spiro atoms. The summed E-state index contributed by atoms with van der Waals surface area (Å²) in [4.78, 5) is 12.4. The predicted octanol–water partition coefficient (Wildman–Crippen LogP) is 3.31. The highest BCUT2D eigenvalue weighted by Gasteiger charge is 2.17. The van der Waals surface area contributed by atoms with Crippen molar-refractivity contribution in [1.82, 2.24) is 9.78 Å². The largest absolute Gasteiger partial charge is 0.382 e. The number of benzene rings is 2. The van der Waals surface area contributed by atoms with E-state index in [0.29, 0.717) is 22.9 Å². The number of nitrogen functional groups attached to an aromatic ring is 1. The second-order valence-electron chi connectivity index (χ2n) is 5.54. The summed E-state index contributed by atoms with van der Waals surface area (Å²) in [6.45, 7) is 2.02. The molecule has 0 saturated carbocycles. The quantitative estimate of drug-likeness (QED) is 0.688. The molecule has 3 aromatic rings. The Hall–Kier alpha value is -3.28. The number of aryl methyl sites for hydroxylation is 2. The number of hydrogen-bond donors (Lipinski definition) is 3. The van der Waals surface area contributed by atoms with E-state index >= 15 is 0 Å². The molecule has 3 rings (SSSR count). The van der Waals surface area contributed by atoms with E-state index < -0.39 is 0 Å². The highest BCUT2D eigenvalue weighted by atomic mass is 16.1. The fourth-order valence-electron chi connectivity index (χ4n) is 2.30. The number of nitrogens with two attached hydrogens (primary N) is 1. The zero-order chi connectivity index (χ0) is 17.1. The normalized spacial score (nSPS) is 10.4. The average Bonchev–Trinajstić information content (AvgIpc) is 2.85. The maximum absolute atomic E-state index is 12.4. The topological polar surface area (TPSA) is 85.0 Å². The van der Waals surface area contributed by atoms with Gasteiger partial charge in [0, 0.05) is 18.3 Å². The Balaban J connectivity index is 1.87. The number of nitrogens with zero attached hydrogens (tertiary/aromatic N) is 2. The lowest BCUT2D eigenvalue weighted by Crippen LogP contribution is -2.13. The van der Waals surface area contributed by atoms with Gasteiger partial charge < -0.3 is 16.4 Å². The maximum Gasteiger partial charge on any atom is 0.255 e. The lowest BCUT2D eigenvalue weighted by molar-refractivity contribution is 0.102. The summed E-state index contributed by atoms with van der Waals surface area (Å²) in [7, 11) is 1.73. The third-order valence-electron chi connectivity index (χ3n) is 3.68. The standard InChI is InChI=1S/C18H19N5O/c1-12-8-10-14(11-9-12)20-17-15(16(19)23(2)22-17)21-18(24)13-6-4-3-5-7-13/h3-11H,19H2,1-2H3,(H,20,22)(H,21,24). The van der Waals surface area contributed by atoms with E-state index in [4.69, 9.17) is 5.73 Å². The van der Waals surface area contributed by atoms with Crippen LogP contribution >= 0.6 is 0 Å². The van der Waals surface area contributed by atoms with Gasteiger partial charge in [0.15, 0.2) is 5.82 Å². The van der Waals surface area contributed by atoms with Gasteiger partial charge in [0.05, 0.1) is 0 Å². The fraction of sp³-hybridized carbons (Fsp3) is 0.111. The molecule has 0 radical (unpaired) electrons. The van der Waals surface area contributed by atoms with Crippen LogP contribution < -0.4 is 16.4 Å². The van der Waals surface area contributed by atoms with Crippen LogP contribution in [-0.2, 0) is 7.05 Å². The average molecular weight is 321 g/mol. The molecule has 0 fully saturated rings. The van der Waals surface area contributed by atoms with Gasteiger partial charge >= 0.3 is 0 Å². The molecule has 6 heteroatoms. The lowest BCUT2D eigenvalue weighted by Gasteiger charge is -2.09. The first-order valence-corrected chi connectivity index (χ1v) is 7.57. The van der Waals surface area contributed by atoms with Crippen molar-refractivity contribution >= 4 is 28.9 Å². The predicted molar refractivity (Wildman–Crippen MR) is 96.5 cm³/mol. The van der Waals surface area contributed by atoms with E-state index in [-0.39, 0.29) is 5.91 Å². The molecule has 24 heavy (non-hydrogen) atoms. The molecule has 1 heterocycles. The lowest BCUT2D eigenvalue weighted by atomic mass is 10.2. The van der Waals surface area contributed by atoms with Crippen LogP contribution in [0.15, 0.2) is 54.6 Å². The minimum absolute atomic E-state index is 0.234. The Morgan fingerprint density at radius 1 is 1.08 bits per heavy atom. The number of amides is 1. The summed E-state index contributed by atoms with van der Waals surface area (Å²) in [6, 6.07) is 16.9. The van der Waals surface area contributed by atoms with Crippen molar-refractivity contribution < 1.29 is 4.79 Å². The molecule has 2 aromatic carbocycles. The van der Waals surface area contributed by atoms with Crippen LogP contribution in [0.4, 0.5) is 23.0 Å². The zero-order valence-electron chi connectivity index (χ0n) is 13.6. The van der Waals surface area contributed by atoms with Crippen LogP contribution in [-0.4, -0.2) is 15.7 Å². The minimum Gasteiger partial charge on any atom is -0.382 e. The molecule has 0 saturated heterocycles.